The van der Waals surface area contributed by atoms with Crippen LogP contribution < -0.4 is 19.6 Å². The maximum absolute atomic E-state index is 13.5. The molecule has 9 heteroatoms. The number of hydrogen-bond donors (Lipinski definition) is 0. The summed E-state index contributed by atoms with van der Waals surface area (Å²) in [4.78, 5) is 31.7. The van der Waals surface area contributed by atoms with E-state index in [0.29, 0.717) is 38.7 Å². The second kappa shape index (κ2) is 9.68. The molecule has 0 fully saturated rings. The summed E-state index contributed by atoms with van der Waals surface area (Å²) in [7, 11) is 0. The largest absolute Gasteiger partial charge is 0.494 e. The molecule has 0 saturated heterocycles. The van der Waals surface area contributed by atoms with Crippen LogP contribution in [0.3, 0.4) is 0 Å². The molecule has 0 amide bonds. The highest BCUT2D eigenvalue weighted by molar-refractivity contribution is 14.1. The molecule has 0 radical (unpaired) electrons. The Labute approximate surface area is 208 Å². The van der Waals surface area contributed by atoms with E-state index in [0.717, 1.165) is 9.33 Å². The smallest absolute Gasteiger partial charge is 0.338 e. The van der Waals surface area contributed by atoms with Gasteiger partial charge in [-0.25, -0.2) is 9.79 Å². The van der Waals surface area contributed by atoms with E-state index in [1.54, 1.807) is 37.5 Å². The van der Waals surface area contributed by atoms with Crippen molar-refractivity contribution in [3.63, 3.8) is 0 Å². The van der Waals surface area contributed by atoms with Crippen LogP contribution >= 0.6 is 33.9 Å². The molecule has 3 heterocycles. The van der Waals surface area contributed by atoms with E-state index in [-0.39, 0.29) is 11.7 Å². The third kappa shape index (κ3) is 4.84. The van der Waals surface area contributed by atoms with Crippen molar-refractivity contribution < 1.29 is 18.7 Å². The average Bonchev–Trinajstić information content (AvgIpc) is 3.30. The molecule has 0 saturated carbocycles. The van der Waals surface area contributed by atoms with Gasteiger partial charge in [-0.05, 0) is 80.1 Å². The Kier molecular flexibility index (Phi) is 6.89. The van der Waals surface area contributed by atoms with Gasteiger partial charge in [-0.15, -0.1) is 0 Å². The number of ether oxygens (including phenoxy) is 2. The summed E-state index contributed by atoms with van der Waals surface area (Å²) in [5, 5.41) is 0. The molecule has 0 bridgehead atoms. The molecule has 0 spiro atoms. The second-order valence-corrected chi connectivity index (χ2v) is 9.75. The van der Waals surface area contributed by atoms with Crippen molar-refractivity contribution >= 4 is 46.0 Å². The van der Waals surface area contributed by atoms with Gasteiger partial charge in [-0.1, -0.05) is 23.5 Å². The predicted molar refractivity (Wildman–Crippen MR) is 134 cm³/mol. The van der Waals surface area contributed by atoms with Crippen molar-refractivity contribution in [2.24, 2.45) is 4.99 Å². The molecule has 7 nitrogen and oxygen atoms in total. The molecule has 0 aliphatic carbocycles. The first kappa shape index (κ1) is 23.5. The number of halogens is 1. The van der Waals surface area contributed by atoms with Gasteiger partial charge in [0, 0.05) is 6.08 Å². The van der Waals surface area contributed by atoms with E-state index in [1.165, 1.54) is 11.3 Å². The summed E-state index contributed by atoms with van der Waals surface area (Å²) in [6.45, 7) is 7.81. The van der Waals surface area contributed by atoms with Gasteiger partial charge in [0.15, 0.2) is 8.57 Å². The van der Waals surface area contributed by atoms with Crippen molar-refractivity contribution in [2.45, 2.75) is 39.8 Å². The number of thiazole rings is 1. The number of benzene rings is 1. The van der Waals surface area contributed by atoms with Crippen molar-refractivity contribution in [1.82, 2.24) is 4.57 Å². The molecule has 1 aliphatic rings. The monoisotopic (exact) mass is 578 g/mol. The Morgan fingerprint density at radius 2 is 2.00 bits per heavy atom. The van der Waals surface area contributed by atoms with Crippen molar-refractivity contribution in [2.75, 3.05) is 6.61 Å². The first-order chi connectivity index (χ1) is 15.8. The fourth-order valence-electron chi connectivity index (χ4n) is 3.62. The lowest BCUT2D eigenvalue weighted by molar-refractivity contribution is -0.143. The molecule has 1 aromatic carbocycles. The molecule has 3 aromatic rings. The maximum atomic E-state index is 13.5. The quantitative estimate of drug-likeness (QED) is 0.329. The number of allylic oxidation sites excluding steroid dienone is 1. The lowest BCUT2D eigenvalue weighted by Crippen LogP contribution is -2.40. The summed E-state index contributed by atoms with van der Waals surface area (Å²) in [5.41, 5.74) is 1.40. The van der Waals surface area contributed by atoms with Gasteiger partial charge in [0.25, 0.3) is 5.56 Å². The van der Waals surface area contributed by atoms with Crippen LogP contribution in [0, 0.1) is 3.77 Å². The normalized spacial score (nSPS) is 16.1. The third-order valence-corrected chi connectivity index (χ3v) is 6.52. The highest BCUT2D eigenvalue weighted by atomic mass is 127. The molecule has 0 N–H and O–H groups in total. The number of furan rings is 1. The first-order valence-corrected chi connectivity index (χ1v) is 12.4. The highest BCUT2D eigenvalue weighted by Crippen LogP contribution is 2.32. The minimum absolute atomic E-state index is 0.244. The average molecular weight is 578 g/mol. The van der Waals surface area contributed by atoms with Gasteiger partial charge >= 0.3 is 5.97 Å². The van der Waals surface area contributed by atoms with Crippen molar-refractivity contribution in [3.05, 3.63) is 82.4 Å². The first-order valence-electron chi connectivity index (χ1n) is 10.5. The Morgan fingerprint density at radius 3 is 2.61 bits per heavy atom. The Hall–Kier alpha value is -2.66. The number of hydrogen-bond acceptors (Lipinski definition) is 7. The van der Waals surface area contributed by atoms with Crippen LogP contribution in [0.5, 0.6) is 5.75 Å². The van der Waals surface area contributed by atoms with Crippen LogP contribution in [-0.2, 0) is 9.53 Å². The zero-order valence-electron chi connectivity index (χ0n) is 18.6. The number of aromatic nitrogens is 1. The lowest BCUT2D eigenvalue weighted by Gasteiger charge is -2.25. The van der Waals surface area contributed by atoms with Gasteiger partial charge in [-0.2, -0.15) is 0 Å². The molecular weight excluding hydrogens is 555 g/mol. The van der Waals surface area contributed by atoms with Gasteiger partial charge in [0.2, 0.25) is 0 Å². The van der Waals surface area contributed by atoms with Crippen LogP contribution in [0.4, 0.5) is 0 Å². The second-order valence-electron chi connectivity index (χ2n) is 7.68. The van der Waals surface area contributed by atoms with E-state index >= 15 is 0 Å². The van der Waals surface area contributed by atoms with Gasteiger partial charge < -0.3 is 13.9 Å². The van der Waals surface area contributed by atoms with E-state index in [9.17, 15) is 9.59 Å². The predicted octanol–water partition coefficient (Wildman–Crippen LogP) is 3.78. The number of esters is 1. The SMILES string of the molecule is CCOc1ccc([C@H]2C(C(=O)OC(C)C)=C(C)N=c3s/c(=C/c4ccc(I)o4)c(=O)n32)cc1. The Bertz CT molecular complexity index is 1400. The molecule has 4 rings (SSSR count). The number of rotatable bonds is 6. The molecule has 172 valence electrons. The number of fused-ring (bicyclic) bond motifs is 1. The van der Waals surface area contributed by atoms with E-state index in [1.807, 2.05) is 37.3 Å². The molecule has 0 unspecified atom stereocenters. The molecular formula is C24H23IN2O5S. The zero-order chi connectivity index (χ0) is 23.7. The zero-order valence-corrected chi connectivity index (χ0v) is 21.6. The van der Waals surface area contributed by atoms with Crippen molar-refractivity contribution in [1.29, 1.82) is 0 Å². The minimum atomic E-state index is -0.665. The fraction of sp³-hybridized carbons (Fsp3) is 0.292. The van der Waals surface area contributed by atoms with Gasteiger partial charge in [-0.3, -0.25) is 9.36 Å². The van der Waals surface area contributed by atoms with Crippen LogP contribution in [0.2, 0.25) is 0 Å². The van der Waals surface area contributed by atoms with E-state index in [2.05, 4.69) is 27.6 Å². The Balaban J connectivity index is 1.91. The number of carbonyl (C=O) groups excluding carboxylic acids is 1. The number of carbonyl (C=O) groups is 1. The van der Waals surface area contributed by atoms with Crippen LogP contribution in [0.1, 0.15) is 45.1 Å². The third-order valence-electron chi connectivity index (χ3n) is 4.96. The molecule has 2 aromatic heterocycles. The van der Waals surface area contributed by atoms with E-state index in [4.69, 9.17) is 13.9 Å². The fourth-order valence-corrected chi connectivity index (χ4v) is 5.08. The molecule has 1 aliphatic heterocycles. The summed E-state index contributed by atoms with van der Waals surface area (Å²) >= 11 is 3.34. The van der Waals surface area contributed by atoms with Crippen LogP contribution in [0.15, 0.2) is 61.9 Å². The summed E-state index contributed by atoms with van der Waals surface area (Å²) in [5.74, 6) is 0.811. The Morgan fingerprint density at radius 1 is 1.27 bits per heavy atom. The van der Waals surface area contributed by atoms with Crippen LogP contribution in [0.25, 0.3) is 6.08 Å². The standard InChI is InChI=1S/C24H23IN2O5S/c1-5-30-16-8-6-15(7-9-16)21-20(23(29)31-13(2)3)14(4)26-24-27(21)22(28)18(33-24)12-17-10-11-19(25)32-17/h6-13,21H,5H2,1-4H3/b18-12+/t21-/m0/s1. The van der Waals surface area contributed by atoms with Crippen molar-refractivity contribution in [3.8, 4) is 5.75 Å². The van der Waals surface area contributed by atoms with Gasteiger partial charge in [0.05, 0.1) is 34.6 Å². The van der Waals surface area contributed by atoms with Gasteiger partial charge in [0.1, 0.15) is 11.5 Å². The lowest BCUT2D eigenvalue weighted by atomic mass is 9.96. The number of nitrogens with zero attached hydrogens (tertiary/aromatic N) is 2. The van der Waals surface area contributed by atoms with E-state index < -0.39 is 12.0 Å². The molecule has 1 atom stereocenters. The van der Waals surface area contributed by atoms with Crippen LogP contribution in [-0.4, -0.2) is 23.2 Å². The minimum Gasteiger partial charge on any atom is -0.494 e. The summed E-state index contributed by atoms with van der Waals surface area (Å²) < 4.78 is 19.4. The summed E-state index contributed by atoms with van der Waals surface area (Å²) in [6, 6.07) is 10.4. The highest BCUT2D eigenvalue weighted by Gasteiger charge is 2.33. The summed E-state index contributed by atoms with van der Waals surface area (Å²) in [6.07, 6.45) is 1.40. The maximum Gasteiger partial charge on any atom is 0.338 e. The molecule has 33 heavy (non-hydrogen) atoms. The topological polar surface area (TPSA) is 83.0 Å².